The first kappa shape index (κ1) is 19.4. The van der Waals surface area contributed by atoms with Gasteiger partial charge in [0.15, 0.2) is 5.82 Å². The van der Waals surface area contributed by atoms with Gasteiger partial charge in [0.2, 0.25) is 11.8 Å². The number of rotatable bonds is 7. The van der Waals surface area contributed by atoms with Crippen LogP contribution in [-0.2, 0) is 24.2 Å². The molecule has 7 heteroatoms. The van der Waals surface area contributed by atoms with Crippen molar-refractivity contribution in [1.82, 2.24) is 25.0 Å². The quantitative estimate of drug-likeness (QED) is 0.622. The summed E-state index contributed by atoms with van der Waals surface area (Å²) < 4.78 is 7.48. The fraction of sp³-hybridized carbons (Fsp3) is 0.455. The zero-order chi connectivity index (χ0) is 20.2. The number of hydrogen-bond donors (Lipinski definition) is 1. The van der Waals surface area contributed by atoms with Crippen LogP contribution in [0.1, 0.15) is 50.0 Å². The van der Waals surface area contributed by atoms with E-state index in [9.17, 15) is 4.79 Å². The van der Waals surface area contributed by atoms with E-state index in [4.69, 9.17) is 4.52 Å². The number of benzene rings is 1. The van der Waals surface area contributed by atoms with Gasteiger partial charge in [-0.3, -0.25) is 4.79 Å². The highest BCUT2D eigenvalue weighted by Gasteiger charge is 2.26. The van der Waals surface area contributed by atoms with Crippen LogP contribution in [-0.4, -0.2) is 32.1 Å². The van der Waals surface area contributed by atoms with Gasteiger partial charge in [-0.2, -0.15) is 4.98 Å². The third-order valence-electron chi connectivity index (χ3n) is 5.36. The van der Waals surface area contributed by atoms with Gasteiger partial charge in [0.05, 0.1) is 0 Å². The highest BCUT2D eigenvalue weighted by atomic mass is 16.5. The zero-order valence-electron chi connectivity index (χ0n) is 17.0. The Kier molecular flexibility index (Phi) is 5.74. The van der Waals surface area contributed by atoms with Gasteiger partial charge >= 0.3 is 0 Å². The summed E-state index contributed by atoms with van der Waals surface area (Å²) in [6.07, 6.45) is 4.93. The van der Waals surface area contributed by atoms with Crippen LogP contribution in [0.2, 0.25) is 0 Å². The molecule has 2 aromatic heterocycles. The number of aromatic nitrogens is 4. The molecule has 0 spiro atoms. The molecule has 1 N–H and O–H groups in total. The number of carbonyl (C=O) groups excluding carboxylic acids is 1. The van der Waals surface area contributed by atoms with Crippen LogP contribution < -0.4 is 5.32 Å². The van der Waals surface area contributed by atoms with Crippen molar-refractivity contribution in [2.24, 2.45) is 5.92 Å². The highest BCUT2D eigenvalue weighted by Crippen LogP contribution is 2.27. The molecular formula is C22H27N5O2. The van der Waals surface area contributed by atoms with Crippen LogP contribution in [0.4, 0.5) is 0 Å². The van der Waals surface area contributed by atoms with Crippen molar-refractivity contribution in [3.05, 3.63) is 53.9 Å². The van der Waals surface area contributed by atoms with Gasteiger partial charge in [-0.25, -0.2) is 4.98 Å². The molecule has 0 radical (unpaired) electrons. The van der Waals surface area contributed by atoms with Crippen molar-refractivity contribution in [3.63, 3.8) is 0 Å². The molecule has 152 valence electrons. The van der Waals surface area contributed by atoms with Crippen LogP contribution in [0.3, 0.4) is 0 Å². The number of amides is 1. The maximum absolute atomic E-state index is 12.6. The lowest BCUT2D eigenvalue weighted by Gasteiger charge is -2.24. The first-order chi connectivity index (χ1) is 14.1. The maximum Gasteiger partial charge on any atom is 0.226 e. The van der Waals surface area contributed by atoms with Crippen molar-refractivity contribution in [2.75, 3.05) is 6.54 Å². The van der Waals surface area contributed by atoms with E-state index in [1.165, 1.54) is 0 Å². The van der Waals surface area contributed by atoms with E-state index in [1.807, 2.05) is 38.2 Å². The summed E-state index contributed by atoms with van der Waals surface area (Å²) in [5.74, 6) is 2.73. The number of nitrogens with one attached hydrogen (secondary N) is 1. The molecule has 1 atom stereocenters. The van der Waals surface area contributed by atoms with Crippen LogP contribution in [0.15, 0.2) is 41.1 Å². The molecule has 0 aliphatic carbocycles. The molecule has 3 aromatic rings. The summed E-state index contributed by atoms with van der Waals surface area (Å²) in [7, 11) is 0. The monoisotopic (exact) mass is 393 g/mol. The van der Waals surface area contributed by atoms with Crippen LogP contribution in [0.25, 0.3) is 11.4 Å². The molecule has 7 nitrogen and oxygen atoms in total. The highest BCUT2D eigenvalue weighted by molar-refractivity contribution is 5.79. The number of carbonyl (C=O) groups is 1. The molecule has 3 heterocycles. The minimum Gasteiger partial charge on any atom is -0.356 e. The average Bonchev–Trinajstić information content (AvgIpc) is 3.38. The fourth-order valence-electron chi connectivity index (χ4n) is 3.70. The lowest BCUT2D eigenvalue weighted by molar-refractivity contribution is -0.125. The van der Waals surface area contributed by atoms with Gasteiger partial charge in [0.1, 0.15) is 5.82 Å². The molecule has 1 aliphatic rings. The molecule has 4 rings (SSSR count). The molecule has 0 saturated carbocycles. The largest absolute Gasteiger partial charge is 0.356 e. The van der Waals surface area contributed by atoms with Crippen molar-refractivity contribution in [3.8, 4) is 11.4 Å². The third-order valence-corrected chi connectivity index (χ3v) is 5.36. The van der Waals surface area contributed by atoms with Gasteiger partial charge in [0.25, 0.3) is 0 Å². The summed E-state index contributed by atoms with van der Waals surface area (Å²) in [5, 5.41) is 7.03. The molecule has 1 aromatic carbocycles. The van der Waals surface area contributed by atoms with E-state index in [2.05, 4.69) is 37.1 Å². The number of imidazole rings is 1. The SMILES string of the molecule is CC(C)c1noc(CCCNC(=O)[C@@H]2CCn3c(cnc3-c3ccccc3)C2)n1. The van der Waals surface area contributed by atoms with Crippen molar-refractivity contribution in [1.29, 1.82) is 0 Å². The first-order valence-electron chi connectivity index (χ1n) is 10.3. The van der Waals surface area contributed by atoms with Gasteiger partial charge in [0, 0.05) is 55.2 Å². The van der Waals surface area contributed by atoms with Crippen molar-refractivity contribution >= 4 is 5.91 Å². The minimum atomic E-state index is -0.00114. The van der Waals surface area contributed by atoms with E-state index in [0.717, 1.165) is 48.7 Å². The molecule has 0 fully saturated rings. The Morgan fingerprint density at radius 1 is 1.31 bits per heavy atom. The average molecular weight is 393 g/mol. The molecule has 29 heavy (non-hydrogen) atoms. The molecule has 1 amide bonds. The Morgan fingerprint density at radius 3 is 2.90 bits per heavy atom. The van der Waals surface area contributed by atoms with Crippen molar-refractivity contribution in [2.45, 2.75) is 52.0 Å². The third kappa shape index (κ3) is 4.39. The van der Waals surface area contributed by atoms with E-state index in [0.29, 0.717) is 18.9 Å². The summed E-state index contributed by atoms with van der Waals surface area (Å²) in [4.78, 5) is 21.6. The summed E-state index contributed by atoms with van der Waals surface area (Å²) in [6, 6.07) is 10.2. The van der Waals surface area contributed by atoms with Crippen LogP contribution in [0, 0.1) is 5.92 Å². The lowest BCUT2D eigenvalue weighted by Crippen LogP contribution is -2.35. The van der Waals surface area contributed by atoms with Gasteiger partial charge in [-0.15, -0.1) is 0 Å². The second-order valence-corrected chi connectivity index (χ2v) is 7.88. The normalized spacial score (nSPS) is 16.0. The van der Waals surface area contributed by atoms with Crippen LogP contribution >= 0.6 is 0 Å². The summed E-state index contributed by atoms with van der Waals surface area (Å²) >= 11 is 0. The molecular weight excluding hydrogens is 366 g/mol. The second kappa shape index (κ2) is 8.59. The molecule has 0 saturated heterocycles. The van der Waals surface area contributed by atoms with Crippen LogP contribution in [0.5, 0.6) is 0 Å². The first-order valence-corrected chi connectivity index (χ1v) is 10.3. The van der Waals surface area contributed by atoms with E-state index in [-0.39, 0.29) is 17.7 Å². The topological polar surface area (TPSA) is 85.8 Å². The number of aryl methyl sites for hydroxylation is 1. The van der Waals surface area contributed by atoms with Gasteiger partial charge < -0.3 is 14.4 Å². The number of nitrogens with zero attached hydrogens (tertiary/aromatic N) is 4. The number of hydrogen-bond acceptors (Lipinski definition) is 5. The Balaban J connectivity index is 1.27. The van der Waals surface area contributed by atoms with E-state index in [1.54, 1.807) is 0 Å². The van der Waals surface area contributed by atoms with Gasteiger partial charge in [-0.1, -0.05) is 49.3 Å². The predicted molar refractivity (Wildman–Crippen MR) is 109 cm³/mol. The number of fused-ring (bicyclic) bond motifs is 1. The Bertz CT molecular complexity index is 961. The maximum atomic E-state index is 12.6. The molecule has 0 bridgehead atoms. The summed E-state index contributed by atoms with van der Waals surface area (Å²) in [6.45, 7) is 5.50. The Morgan fingerprint density at radius 2 is 2.14 bits per heavy atom. The standard InChI is InChI=1S/C22H27N5O2/c1-15(2)20-25-19(29-26-20)9-6-11-23-22(28)17-10-12-27-18(13-17)14-24-21(27)16-7-4-3-5-8-16/h3-5,7-8,14-15,17H,6,9-13H2,1-2H3,(H,23,28)/t17-/m1/s1. The predicted octanol–water partition coefficient (Wildman–Crippen LogP) is 3.37. The Hall–Kier alpha value is -2.96. The second-order valence-electron chi connectivity index (χ2n) is 7.88. The molecule has 1 aliphatic heterocycles. The Labute approximate surface area is 170 Å². The van der Waals surface area contributed by atoms with E-state index < -0.39 is 0 Å². The smallest absolute Gasteiger partial charge is 0.226 e. The van der Waals surface area contributed by atoms with Gasteiger partial charge in [-0.05, 0) is 12.8 Å². The minimum absolute atomic E-state index is 0.00114. The van der Waals surface area contributed by atoms with E-state index >= 15 is 0 Å². The zero-order valence-corrected chi connectivity index (χ0v) is 17.0. The van der Waals surface area contributed by atoms with Crippen molar-refractivity contribution < 1.29 is 9.32 Å². The fourth-order valence-corrected chi connectivity index (χ4v) is 3.70. The lowest BCUT2D eigenvalue weighted by atomic mass is 9.95. The molecule has 0 unspecified atom stereocenters. The summed E-state index contributed by atoms with van der Waals surface area (Å²) in [5.41, 5.74) is 2.24.